The first kappa shape index (κ1) is 14.3. The number of rotatable bonds is 4. The predicted molar refractivity (Wildman–Crippen MR) is 77.4 cm³/mol. The van der Waals surface area contributed by atoms with Crippen LogP contribution in [0.1, 0.15) is 38.2 Å². The maximum Gasteiger partial charge on any atom is 0.240 e. The Labute approximate surface area is 115 Å². The summed E-state index contributed by atoms with van der Waals surface area (Å²) < 4.78 is 27.4. The SMILES string of the molecule is Cc1cc(N)ccc1S(=O)(=O)NCC1(C)CCCC1. The second-order valence-electron chi connectivity index (χ2n) is 5.87. The van der Waals surface area contributed by atoms with Gasteiger partial charge in [0.15, 0.2) is 0 Å². The van der Waals surface area contributed by atoms with E-state index in [1.54, 1.807) is 25.1 Å². The van der Waals surface area contributed by atoms with Gasteiger partial charge in [0.05, 0.1) is 4.90 Å². The van der Waals surface area contributed by atoms with Gasteiger partial charge in [-0.25, -0.2) is 13.1 Å². The first-order valence-corrected chi connectivity index (χ1v) is 8.17. The van der Waals surface area contributed by atoms with Gasteiger partial charge in [0, 0.05) is 12.2 Å². The molecule has 3 N–H and O–H groups in total. The van der Waals surface area contributed by atoms with E-state index < -0.39 is 10.0 Å². The van der Waals surface area contributed by atoms with Crippen LogP contribution in [0.5, 0.6) is 0 Å². The highest BCUT2D eigenvalue weighted by molar-refractivity contribution is 7.89. The minimum absolute atomic E-state index is 0.106. The van der Waals surface area contributed by atoms with Gasteiger partial charge >= 0.3 is 0 Å². The molecular formula is C14H22N2O2S. The molecule has 4 nitrogen and oxygen atoms in total. The van der Waals surface area contributed by atoms with Crippen LogP contribution in [0.25, 0.3) is 0 Å². The van der Waals surface area contributed by atoms with Crippen molar-refractivity contribution in [2.75, 3.05) is 12.3 Å². The summed E-state index contributed by atoms with van der Waals surface area (Å²) in [6.07, 6.45) is 4.57. The number of nitrogens with two attached hydrogens (primary N) is 1. The molecule has 106 valence electrons. The Kier molecular flexibility index (Phi) is 3.87. The molecule has 19 heavy (non-hydrogen) atoms. The molecular weight excluding hydrogens is 260 g/mol. The van der Waals surface area contributed by atoms with E-state index >= 15 is 0 Å². The van der Waals surface area contributed by atoms with Gasteiger partial charge < -0.3 is 5.73 Å². The van der Waals surface area contributed by atoms with Crippen LogP contribution < -0.4 is 10.5 Å². The molecule has 0 aliphatic heterocycles. The lowest BCUT2D eigenvalue weighted by molar-refractivity contribution is 0.336. The van der Waals surface area contributed by atoms with E-state index in [4.69, 9.17) is 5.73 Å². The molecule has 0 bridgehead atoms. The smallest absolute Gasteiger partial charge is 0.240 e. The van der Waals surface area contributed by atoms with Crippen molar-refractivity contribution in [3.8, 4) is 0 Å². The van der Waals surface area contributed by atoms with Crippen molar-refractivity contribution in [1.82, 2.24) is 4.72 Å². The average molecular weight is 282 g/mol. The number of benzene rings is 1. The standard InChI is InChI=1S/C14H22N2O2S/c1-11-9-12(15)5-6-13(11)19(17,18)16-10-14(2)7-3-4-8-14/h5-6,9,16H,3-4,7-8,10,15H2,1-2H3. The quantitative estimate of drug-likeness (QED) is 0.833. The van der Waals surface area contributed by atoms with Crippen molar-refractivity contribution in [2.45, 2.75) is 44.4 Å². The Morgan fingerprint density at radius 2 is 1.95 bits per heavy atom. The van der Waals surface area contributed by atoms with Gasteiger partial charge in [0.1, 0.15) is 0 Å². The molecule has 0 unspecified atom stereocenters. The molecule has 1 aliphatic carbocycles. The fourth-order valence-corrected chi connectivity index (χ4v) is 4.15. The number of nitrogens with one attached hydrogen (secondary N) is 1. The Bertz CT molecular complexity index is 561. The van der Waals surface area contributed by atoms with Gasteiger partial charge in [-0.05, 0) is 48.9 Å². The van der Waals surface area contributed by atoms with E-state index in [0.717, 1.165) is 12.8 Å². The van der Waals surface area contributed by atoms with Crippen LogP contribution in [-0.4, -0.2) is 15.0 Å². The van der Waals surface area contributed by atoms with Gasteiger partial charge in [-0.3, -0.25) is 0 Å². The van der Waals surface area contributed by atoms with Crippen molar-refractivity contribution in [3.05, 3.63) is 23.8 Å². The molecule has 2 rings (SSSR count). The zero-order chi connectivity index (χ0) is 14.1. The minimum atomic E-state index is -3.44. The van der Waals surface area contributed by atoms with Crippen LogP contribution in [0.2, 0.25) is 0 Å². The summed E-state index contributed by atoms with van der Waals surface area (Å²) in [5.41, 5.74) is 7.02. The Morgan fingerprint density at radius 1 is 1.32 bits per heavy atom. The van der Waals surface area contributed by atoms with Crippen molar-refractivity contribution in [1.29, 1.82) is 0 Å². The molecule has 0 aromatic heterocycles. The highest BCUT2D eigenvalue weighted by Crippen LogP contribution is 2.37. The molecule has 0 saturated heterocycles. The molecule has 1 aromatic carbocycles. The topological polar surface area (TPSA) is 72.2 Å². The minimum Gasteiger partial charge on any atom is -0.399 e. The van der Waals surface area contributed by atoms with E-state index in [0.29, 0.717) is 22.7 Å². The Hall–Kier alpha value is -1.07. The Balaban J connectivity index is 2.14. The lowest BCUT2D eigenvalue weighted by Crippen LogP contribution is -2.34. The van der Waals surface area contributed by atoms with Crippen molar-refractivity contribution in [2.24, 2.45) is 5.41 Å². The van der Waals surface area contributed by atoms with Gasteiger partial charge in [0.2, 0.25) is 10.0 Å². The zero-order valence-electron chi connectivity index (χ0n) is 11.6. The monoisotopic (exact) mass is 282 g/mol. The number of hydrogen-bond acceptors (Lipinski definition) is 3. The molecule has 0 heterocycles. The van der Waals surface area contributed by atoms with Crippen LogP contribution in [-0.2, 0) is 10.0 Å². The number of sulfonamides is 1. The van der Waals surface area contributed by atoms with Crippen LogP contribution in [0.3, 0.4) is 0 Å². The van der Waals surface area contributed by atoms with E-state index in [9.17, 15) is 8.42 Å². The molecule has 1 aromatic rings. The van der Waals surface area contributed by atoms with Crippen molar-refractivity contribution in [3.63, 3.8) is 0 Å². The normalized spacial score (nSPS) is 18.6. The van der Waals surface area contributed by atoms with Crippen molar-refractivity contribution < 1.29 is 8.42 Å². The number of anilines is 1. The molecule has 0 spiro atoms. The van der Waals surface area contributed by atoms with Gasteiger partial charge in [-0.15, -0.1) is 0 Å². The van der Waals surface area contributed by atoms with Crippen LogP contribution in [0.15, 0.2) is 23.1 Å². The van der Waals surface area contributed by atoms with Gasteiger partial charge in [-0.1, -0.05) is 19.8 Å². The summed E-state index contributed by atoms with van der Waals surface area (Å²) in [5.74, 6) is 0. The van der Waals surface area contributed by atoms with Crippen LogP contribution in [0, 0.1) is 12.3 Å². The number of hydrogen-bond donors (Lipinski definition) is 2. The maximum atomic E-state index is 12.3. The molecule has 0 radical (unpaired) electrons. The Morgan fingerprint density at radius 3 is 2.53 bits per heavy atom. The fraction of sp³-hybridized carbons (Fsp3) is 0.571. The maximum absolute atomic E-state index is 12.3. The molecule has 1 fully saturated rings. The fourth-order valence-electron chi connectivity index (χ4n) is 2.73. The summed E-state index contributed by atoms with van der Waals surface area (Å²) in [6.45, 7) is 4.43. The summed E-state index contributed by atoms with van der Waals surface area (Å²) in [4.78, 5) is 0.322. The predicted octanol–water partition coefficient (Wildman–Crippen LogP) is 2.44. The lowest BCUT2D eigenvalue weighted by Gasteiger charge is -2.23. The average Bonchev–Trinajstić information content (AvgIpc) is 2.74. The number of aryl methyl sites for hydroxylation is 1. The second kappa shape index (κ2) is 5.13. The first-order chi connectivity index (χ1) is 8.82. The van der Waals surface area contributed by atoms with Crippen molar-refractivity contribution >= 4 is 15.7 Å². The van der Waals surface area contributed by atoms with Gasteiger partial charge in [0.25, 0.3) is 0 Å². The third-order valence-electron chi connectivity index (χ3n) is 3.99. The summed E-state index contributed by atoms with van der Waals surface area (Å²) in [5, 5.41) is 0. The molecule has 1 aliphatic rings. The van der Waals surface area contributed by atoms with Crippen LogP contribution >= 0.6 is 0 Å². The van der Waals surface area contributed by atoms with Gasteiger partial charge in [-0.2, -0.15) is 0 Å². The summed E-state index contributed by atoms with van der Waals surface area (Å²) in [6, 6.07) is 4.88. The molecule has 0 amide bonds. The summed E-state index contributed by atoms with van der Waals surface area (Å²) in [7, 11) is -3.44. The number of nitrogen functional groups attached to an aromatic ring is 1. The lowest BCUT2D eigenvalue weighted by atomic mass is 9.89. The third kappa shape index (κ3) is 3.28. The molecule has 1 saturated carbocycles. The second-order valence-corrected chi connectivity index (χ2v) is 7.60. The molecule has 5 heteroatoms. The first-order valence-electron chi connectivity index (χ1n) is 6.68. The molecule has 0 atom stereocenters. The highest BCUT2D eigenvalue weighted by atomic mass is 32.2. The highest BCUT2D eigenvalue weighted by Gasteiger charge is 2.30. The van der Waals surface area contributed by atoms with E-state index in [2.05, 4.69) is 11.6 Å². The van der Waals surface area contributed by atoms with E-state index in [1.165, 1.54) is 12.8 Å². The third-order valence-corrected chi connectivity index (χ3v) is 5.55. The summed E-state index contributed by atoms with van der Waals surface area (Å²) >= 11 is 0. The van der Waals surface area contributed by atoms with E-state index in [1.807, 2.05) is 0 Å². The largest absolute Gasteiger partial charge is 0.399 e. The van der Waals surface area contributed by atoms with E-state index in [-0.39, 0.29) is 5.41 Å². The zero-order valence-corrected chi connectivity index (χ0v) is 12.4. The van der Waals surface area contributed by atoms with Crippen LogP contribution in [0.4, 0.5) is 5.69 Å².